The van der Waals surface area contributed by atoms with E-state index in [0.29, 0.717) is 5.76 Å². The fraction of sp³-hybridized carbons (Fsp3) is 0.500. The monoisotopic (exact) mass is 237 g/mol. The van der Waals surface area contributed by atoms with Crippen LogP contribution in [-0.4, -0.2) is 22.5 Å². The third kappa shape index (κ3) is 2.33. The number of β-lactam (4-membered cyclic amide) rings is 1. The van der Waals surface area contributed by atoms with E-state index in [9.17, 15) is 9.59 Å². The van der Waals surface area contributed by atoms with Gasteiger partial charge in [-0.15, -0.1) is 0 Å². The first-order chi connectivity index (χ1) is 7.88. The van der Waals surface area contributed by atoms with Gasteiger partial charge in [0.25, 0.3) is 0 Å². The van der Waals surface area contributed by atoms with E-state index in [4.69, 9.17) is 9.15 Å². The predicted octanol–water partition coefficient (Wildman–Crippen LogP) is 2.49. The minimum Gasteiger partial charge on any atom is -0.467 e. The highest BCUT2D eigenvalue weighted by atomic mass is 16.6. The van der Waals surface area contributed by atoms with Crippen molar-refractivity contribution in [3.8, 4) is 0 Å². The van der Waals surface area contributed by atoms with Crippen LogP contribution in [0.25, 0.3) is 0 Å². The molecule has 0 radical (unpaired) electrons. The van der Waals surface area contributed by atoms with Crippen LogP contribution in [-0.2, 0) is 9.53 Å². The van der Waals surface area contributed by atoms with Crippen LogP contribution in [0.5, 0.6) is 0 Å². The Bertz CT molecular complexity index is 430. The van der Waals surface area contributed by atoms with Gasteiger partial charge < -0.3 is 9.15 Å². The van der Waals surface area contributed by atoms with Crippen molar-refractivity contribution in [3.05, 3.63) is 24.2 Å². The third-order valence-electron chi connectivity index (χ3n) is 2.41. The van der Waals surface area contributed by atoms with Gasteiger partial charge >= 0.3 is 6.09 Å². The highest BCUT2D eigenvalue weighted by Crippen LogP contribution is 2.35. The molecule has 1 unspecified atom stereocenters. The van der Waals surface area contributed by atoms with Gasteiger partial charge in [0.1, 0.15) is 17.4 Å². The maximum absolute atomic E-state index is 11.8. The second-order valence-electron chi connectivity index (χ2n) is 4.98. The highest BCUT2D eigenvalue weighted by Gasteiger charge is 2.45. The van der Waals surface area contributed by atoms with Crippen molar-refractivity contribution >= 4 is 12.0 Å². The molecule has 1 fully saturated rings. The van der Waals surface area contributed by atoms with E-state index in [0.717, 1.165) is 4.90 Å². The number of furan rings is 1. The van der Waals surface area contributed by atoms with Crippen molar-refractivity contribution < 1.29 is 18.7 Å². The molecule has 1 atom stereocenters. The number of likely N-dealkylation sites (tertiary alicyclic amines) is 1. The average Bonchev–Trinajstić information content (AvgIpc) is 2.62. The molecule has 5 nitrogen and oxygen atoms in total. The van der Waals surface area contributed by atoms with Crippen LogP contribution in [0.3, 0.4) is 0 Å². The molecule has 1 aliphatic heterocycles. The number of carbonyl (C=O) groups excluding carboxylic acids is 2. The Hall–Kier alpha value is -1.78. The van der Waals surface area contributed by atoms with Crippen molar-refractivity contribution in [1.29, 1.82) is 0 Å². The van der Waals surface area contributed by atoms with E-state index in [1.807, 2.05) is 0 Å². The molecule has 0 bridgehead atoms. The van der Waals surface area contributed by atoms with Crippen LogP contribution in [0.15, 0.2) is 22.8 Å². The zero-order valence-electron chi connectivity index (χ0n) is 10.1. The number of amides is 2. The first kappa shape index (κ1) is 11.7. The van der Waals surface area contributed by atoms with Crippen LogP contribution < -0.4 is 0 Å². The highest BCUT2D eigenvalue weighted by molar-refractivity contribution is 5.97. The molecule has 1 aromatic heterocycles. The minimum atomic E-state index is -0.616. The zero-order chi connectivity index (χ0) is 12.6. The summed E-state index contributed by atoms with van der Waals surface area (Å²) in [5, 5.41) is 0. The molecule has 1 aliphatic rings. The maximum atomic E-state index is 11.8. The molecule has 2 amide bonds. The number of nitrogens with zero attached hydrogens (tertiary/aromatic N) is 1. The fourth-order valence-corrected chi connectivity index (χ4v) is 1.67. The molecular formula is C12H15NO4. The van der Waals surface area contributed by atoms with Crippen LogP contribution in [0.1, 0.15) is 39.0 Å². The van der Waals surface area contributed by atoms with E-state index < -0.39 is 11.7 Å². The molecule has 0 aliphatic carbocycles. The quantitative estimate of drug-likeness (QED) is 0.704. The van der Waals surface area contributed by atoms with Crippen molar-refractivity contribution in [3.63, 3.8) is 0 Å². The Kier molecular flexibility index (Phi) is 2.69. The van der Waals surface area contributed by atoms with E-state index in [1.165, 1.54) is 6.26 Å². The van der Waals surface area contributed by atoms with Gasteiger partial charge in [-0.05, 0) is 32.9 Å². The Labute approximate surface area is 99.3 Å². The molecule has 1 aromatic rings. The molecule has 0 spiro atoms. The summed E-state index contributed by atoms with van der Waals surface area (Å²) in [5.41, 5.74) is -0.610. The first-order valence-corrected chi connectivity index (χ1v) is 5.47. The normalized spacial score (nSPS) is 20.1. The first-order valence-electron chi connectivity index (χ1n) is 5.47. The van der Waals surface area contributed by atoms with Gasteiger partial charge in [0.05, 0.1) is 12.7 Å². The predicted molar refractivity (Wildman–Crippen MR) is 59.1 cm³/mol. The average molecular weight is 237 g/mol. The van der Waals surface area contributed by atoms with Crippen LogP contribution >= 0.6 is 0 Å². The van der Waals surface area contributed by atoms with Crippen molar-refractivity contribution in [2.45, 2.75) is 38.8 Å². The SMILES string of the molecule is CC(C)(C)OC(=O)N1C(=O)CC1c1ccco1. The van der Waals surface area contributed by atoms with Gasteiger partial charge in [-0.1, -0.05) is 0 Å². The standard InChI is InChI=1S/C12H15NO4/c1-12(2,3)17-11(15)13-8(7-10(13)14)9-5-4-6-16-9/h4-6,8H,7H2,1-3H3. The Morgan fingerprint density at radius 3 is 2.71 bits per heavy atom. The summed E-state index contributed by atoms with van der Waals surface area (Å²) in [5.74, 6) is 0.371. The van der Waals surface area contributed by atoms with Crippen LogP contribution in [0.4, 0.5) is 4.79 Å². The topological polar surface area (TPSA) is 59.8 Å². The van der Waals surface area contributed by atoms with E-state index >= 15 is 0 Å². The van der Waals surface area contributed by atoms with E-state index in [2.05, 4.69) is 0 Å². The lowest BCUT2D eigenvalue weighted by Gasteiger charge is -2.37. The van der Waals surface area contributed by atoms with Crippen molar-refractivity contribution in [2.75, 3.05) is 0 Å². The number of carbonyl (C=O) groups is 2. The Morgan fingerprint density at radius 1 is 1.53 bits per heavy atom. The Morgan fingerprint density at radius 2 is 2.24 bits per heavy atom. The number of hydrogen-bond acceptors (Lipinski definition) is 4. The molecule has 17 heavy (non-hydrogen) atoms. The van der Waals surface area contributed by atoms with Gasteiger partial charge in [0.2, 0.25) is 5.91 Å². The summed E-state index contributed by atoms with van der Waals surface area (Å²) in [6.07, 6.45) is 1.19. The molecule has 1 saturated heterocycles. The third-order valence-corrected chi connectivity index (χ3v) is 2.41. The lowest BCUT2D eigenvalue weighted by Crippen LogP contribution is -2.51. The fourth-order valence-electron chi connectivity index (χ4n) is 1.67. The van der Waals surface area contributed by atoms with Crippen LogP contribution in [0.2, 0.25) is 0 Å². The molecule has 0 saturated carbocycles. The Balaban J connectivity index is 2.09. The number of ether oxygens (including phenoxy) is 1. The van der Waals surface area contributed by atoms with E-state index in [1.54, 1.807) is 32.9 Å². The van der Waals surface area contributed by atoms with Gasteiger partial charge in [-0.3, -0.25) is 4.79 Å². The van der Waals surface area contributed by atoms with Gasteiger partial charge in [0.15, 0.2) is 0 Å². The number of imide groups is 1. The number of rotatable bonds is 1. The second-order valence-corrected chi connectivity index (χ2v) is 4.98. The molecule has 0 N–H and O–H groups in total. The maximum Gasteiger partial charge on any atom is 0.417 e. The van der Waals surface area contributed by atoms with E-state index in [-0.39, 0.29) is 18.4 Å². The molecular weight excluding hydrogens is 222 g/mol. The van der Waals surface area contributed by atoms with Gasteiger partial charge in [-0.2, -0.15) is 0 Å². The largest absolute Gasteiger partial charge is 0.467 e. The van der Waals surface area contributed by atoms with Crippen molar-refractivity contribution in [2.24, 2.45) is 0 Å². The van der Waals surface area contributed by atoms with Gasteiger partial charge in [0, 0.05) is 0 Å². The summed E-state index contributed by atoms with van der Waals surface area (Å²) in [6.45, 7) is 5.28. The summed E-state index contributed by atoms with van der Waals surface area (Å²) < 4.78 is 10.4. The lowest BCUT2D eigenvalue weighted by molar-refractivity contribution is -0.145. The molecule has 5 heteroatoms. The molecule has 2 heterocycles. The molecule has 0 aromatic carbocycles. The second kappa shape index (κ2) is 3.91. The minimum absolute atomic E-state index is 0.236. The summed E-state index contributed by atoms with van der Waals surface area (Å²) >= 11 is 0. The van der Waals surface area contributed by atoms with Crippen LogP contribution in [0, 0.1) is 0 Å². The molecule has 92 valence electrons. The smallest absolute Gasteiger partial charge is 0.417 e. The van der Waals surface area contributed by atoms with Gasteiger partial charge in [-0.25, -0.2) is 9.69 Å². The lowest BCUT2D eigenvalue weighted by atomic mass is 10.0. The summed E-state index contributed by atoms with van der Waals surface area (Å²) in [7, 11) is 0. The number of hydrogen-bond donors (Lipinski definition) is 0. The zero-order valence-corrected chi connectivity index (χ0v) is 10.1. The molecule has 2 rings (SSSR count). The van der Waals surface area contributed by atoms with Crippen molar-refractivity contribution in [1.82, 2.24) is 4.90 Å². The summed E-state index contributed by atoms with van der Waals surface area (Å²) in [4.78, 5) is 24.3. The summed E-state index contributed by atoms with van der Waals surface area (Å²) in [6, 6.07) is 3.15.